The van der Waals surface area contributed by atoms with E-state index in [1.807, 2.05) is 43.0 Å². The average molecular weight is 666 g/mol. The normalized spacial score (nSPS) is 17.6. The van der Waals surface area contributed by atoms with Gasteiger partial charge >= 0.3 is 17.9 Å². The third-order valence-electron chi connectivity index (χ3n) is 6.39. The van der Waals surface area contributed by atoms with Gasteiger partial charge in [0.25, 0.3) is 11.5 Å². The molecular weight excluding hydrogens is 639 g/mol. The number of fused-ring (bicyclic) bond motifs is 1. The van der Waals surface area contributed by atoms with Crippen LogP contribution in [0.5, 0.6) is 5.75 Å². The maximum atomic E-state index is 13.8. The van der Waals surface area contributed by atoms with Crippen molar-refractivity contribution in [3.8, 4) is 5.75 Å². The number of hydrogen-bond acceptors (Lipinski definition) is 11. The van der Waals surface area contributed by atoms with Gasteiger partial charge in [-0.05, 0) is 36.1 Å². The first-order chi connectivity index (χ1) is 20.3. The Hall–Kier alpha value is -3.60. The van der Waals surface area contributed by atoms with Crippen molar-refractivity contribution in [1.29, 1.82) is 0 Å². The first-order valence-corrected chi connectivity index (χ1v) is 15.7. The van der Waals surface area contributed by atoms with Crippen molar-refractivity contribution in [3.63, 3.8) is 0 Å². The fraction of sp³-hybridized carbons (Fsp3) is 0.333. The second-order valence-electron chi connectivity index (χ2n) is 9.68. The Kier molecular flexibility index (Phi) is 10.0. The molecule has 1 aromatic carbocycles. The number of hydrogen-bond donors (Lipinski definition) is 3. The molecule has 1 amide bonds. The summed E-state index contributed by atoms with van der Waals surface area (Å²) in [5.41, 5.74) is 0.813. The molecule has 3 heterocycles. The minimum Gasteiger partial charge on any atom is -0.497 e. The van der Waals surface area contributed by atoms with Gasteiger partial charge in [-0.25, -0.2) is 0 Å². The van der Waals surface area contributed by atoms with Gasteiger partial charge in [-0.15, -0.1) is 11.3 Å². The lowest BCUT2D eigenvalue weighted by atomic mass is 10.0. The number of ether oxygens (including phenoxy) is 1. The third-order valence-corrected chi connectivity index (χ3v) is 10.3. The number of thiazole rings is 1. The molecule has 0 bridgehead atoms. The molecule has 0 unspecified atom stereocenters. The number of carboxylic acid groups (broad SMARTS) is 3. The molecule has 1 aromatic heterocycles. The number of rotatable bonds is 11. The Morgan fingerprint density at radius 3 is 2.33 bits per heavy atom. The van der Waals surface area contributed by atoms with Crippen LogP contribution in [0.2, 0.25) is 0 Å². The largest absolute Gasteiger partial charge is 0.497 e. The molecule has 4 rings (SSSR count). The van der Waals surface area contributed by atoms with Crippen molar-refractivity contribution in [2.45, 2.75) is 38.1 Å². The summed E-state index contributed by atoms with van der Waals surface area (Å²) >= 11 is 8.42. The molecule has 0 aliphatic carbocycles. The van der Waals surface area contributed by atoms with Crippen LogP contribution in [0, 0.1) is 5.92 Å². The highest BCUT2D eigenvalue weighted by atomic mass is 32.2. The molecule has 0 atom stereocenters. The van der Waals surface area contributed by atoms with E-state index in [-0.39, 0.29) is 30.8 Å². The maximum Gasteiger partial charge on any atom is 0.323 e. The van der Waals surface area contributed by atoms with Crippen LogP contribution in [0.1, 0.15) is 26.7 Å². The second-order valence-corrected chi connectivity index (χ2v) is 13.4. The molecule has 0 saturated carbocycles. The smallest absolute Gasteiger partial charge is 0.323 e. The van der Waals surface area contributed by atoms with Crippen LogP contribution in [0.15, 0.2) is 39.0 Å². The van der Waals surface area contributed by atoms with Crippen molar-refractivity contribution < 1.29 is 39.2 Å². The number of methoxy groups -OCH3 is 1. The van der Waals surface area contributed by atoms with E-state index < -0.39 is 42.5 Å². The molecule has 1 fully saturated rings. The summed E-state index contributed by atoms with van der Waals surface area (Å²) in [6, 6.07) is 5.57. The van der Waals surface area contributed by atoms with Gasteiger partial charge in [0, 0.05) is 23.9 Å². The summed E-state index contributed by atoms with van der Waals surface area (Å²) in [5.74, 6) is -3.78. The van der Waals surface area contributed by atoms with E-state index >= 15 is 0 Å². The zero-order valence-electron chi connectivity index (χ0n) is 23.2. The highest BCUT2D eigenvalue weighted by Gasteiger charge is 2.36. The lowest BCUT2D eigenvalue weighted by Gasteiger charge is -2.21. The van der Waals surface area contributed by atoms with Gasteiger partial charge in [0.2, 0.25) is 0 Å². The number of allylic oxidation sites excluding steroid dienone is 1. The van der Waals surface area contributed by atoms with Gasteiger partial charge in [-0.2, -0.15) is 0 Å². The number of aliphatic carboxylic acids is 3. The molecule has 3 N–H and O–H groups in total. The van der Waals surface area contributed by atoms with Crippen molar-refractivity contribution in [2.75, 3.05) is 25.1 Å². The molecule has 2 aliphatic heterocycles. The van der Waals surface area contributed by atoms with Crippen molar-refractivity contribution in [1.82, 2.24) is 9.47 Å². The van der Waals surface area contributed by atoms with Crippen LogP contribution in [0.3, 0.4) is 0 Å². The number of benzene rings is 1. The number of thiocarbonyl (C=S) groups is 1. The number of thioether (sulfide) groups is 2. The molecule has 0 radical (unpaired) electrons. The van der Waals surface area contributed by atoms with Crippen molar-refractivity contribution in [3.05, 3.63) is 48.9 Å². The number of carbonyl (C=O) groups excluding carboxylic acids is 1. The Bertz CT molecular complexity index is 1740. The standard InChI is InChI=1S/C27H27N3O9S4/c1-13(2)15(10-18-28(8-4-5-19(31)32)16-9-14(39-3)6-7-17(16)41-18)22-24(37)29(11-20(33)34)26(42-22)23-25(38)30(12-21(35)36)27(40)43-23/h6-7,9-10,13H,4-5,8,11-12H2,1-3H3,(H,31,32)(H,33,34)(H,35,36)/b18-10-,22-15-,26-23-. The molecule has 228 valence electrons. The summed E-state index contributed by atoms with van der Waals surface area (Å²) in [5, 5.41) is 28.7. The first kappa shape index (κ1) is 32.3. The Labute approximate surface area is 262 Å². The molecule has 0 spiro atoms. The molecule has 1 saturated heterocycles. The SMILES string of the molecule is COc1ccc2c(c1)N(CCCC(=O)O)/C(=C/C(=c1/s/c(=C3\SC(=S)N(CC(=O)O)C3=O)n(CC(=O)O)c1=O)C(C)C)S2. The van der Waals surface area contributed by atoms with Gasteiger partial charge in [-0.3, -0.25) is 33.4 Å². The zero-order valence-corrected chi connectivity index (χ0v) is 26.5. The second kappa shape index (κ2) is 13.4. The summed E-state index contributed by atoms with van der Waals surface area (Å²) in [4.78, 5) is 64.9. The minimum atomic E-state index is -1.29. The number of aromatic nitrogens is 1. The van der Waals surface area contributed by atoms with Crippen molar-refractivity contribution >= 4 is 91.4 Å². The summed E-state index contributed by atoms with van der Waals surface area (Å²) < 4.78 is 6.69. The number of amides is 1. The monoisotopic (exact) mass is 665 g/mol. The van der Waals surface area contributed by atoms with Gasteiger partial charge < -0.3 is 25.0 Å². The fourth-order valence-electron chi connectivity index (χ4n) is 4.40. The van der Waals surface area contributed by atoms with Gasteiger partial charge in [0.05, 0.1) is 22.4 Å². The summed E-state index contributed by atoms with van der Waals surface area (Å²) in [6.45, 7) is 2.77. The highest BCUT2D eigenvalue weighted by Crippen LogP contribution is 2.48. The van der Waals surface area contributed by atoms with Crippen LogP contribution >= 0.6 is 47.1 Å². The first-order valence-electron chi connectivity index (χ1n) is 12.8. The van der Waals surface area contributed by atoms with Crippen LogP contribution in [-0.2, 0) is 25.7 Å². The fourth-order valence-corrected chi connectivity index (χ4v) is 8.24. The summed E-state index contributed by atoms with van der Waals surface area (Å²) in [7, 11) is 1.55. The van der Waals surface area contributed by atoms with Crippen LogP contribution in [0.25, 0.3) is 10.5 Å². The molecule has 2 aliphatic rings. The average Bonchev–Trinajstić information content (AvgIpc) is 3.53. The van der Waals surface area contributed by atoms with Gasteiger partial charge in [0.15, 0.2) is 0 Å². The van der Waals surface area contributed by atoms with E-state index in [1.165, 1.54) is 11.8 Å². The van der Waals surface area contributed by atoms with E-state index in [0.717, 1.165) is 48.2 Å². The van der Waals surface area contributed by atoms with Crippen LogP contribution in [0.4, 0.5) is 5.69 Å². The zero-order chi connectivity index (χ0) is 31.6. The molecule has 16 heteroatoms. The topological polar surface area (TPSA) is 167 Å². The Morgan fingerprint density at radius 2 is 1.72 bits per heavy atom. The third kappa shape index (κ3) is 6.98. The highest BCUT2D eigenvalue weighted by molar-refractivity contribution is 8.30. The molecular formula is C27H27N3O9S4. The Balaban J connectivity index is 1.93. The number of anilines is 1. The van der Waals surface area contributed by atoms with Gasteiger partial charge in [-0.1, -0.05) is 49.6 Å². The number of nitrogens with zero attached hydrogens (tertiary/aromatic N) is 3. The van der Waals surface area contributed by atoms with Crippen LogP contribution < -0.4 is 24.4 Å². The lowest BCUT2D eigenvalue weighted by Crippen LogP contribution is -2.37. The molecule has 43 heavy (non-hydrogen) atoms. The summed E-state index contributed by atoms with van der Waals surface area (Å²) in [6.07, 6.45) is 2.16. The predicted molar refractivity (Wildman–Crippen MR) is 168 cm³/mol. The van der Waals surface area contributed by atoms with Gasteiger partial charge in [0.1, 0.15) is 32.7 Å². The Morgan fingerprint density at radius 1 is 1.02 bits per heavy atom. The van der Waals surface area contributed by atoms with E-state index in [9.17, 15) is 39.3 Å². The quantitative estimate of drug-likeness (QED) is 0.299. The van der Waals surface area contributed by atoms with Crippen molar-refractivity contribution in [2.24, 2.45) is 5.92 Å². The number of carboxylic acids is 3. The molecule has 12 nitrogen and oxygen atoms in total. The molecule has 2 aromatic rings. The van der Waals surface area contributed by atoms with E-state index in [0.29, 0.717) is 24.3 Å². The lowest BCUT2D eigenvalue weighted by molar-refractivity contribution is -0.140. The van der Waals surface area contributed by atoms with E-state index in [4.69, 9.17) is 17.0 Å². The van der Waals surface area contributed by atoms with E-state index in [2.05, 4.69) is 0 Å². The van der Waals surface area contributed by atoms with Crippen LogP contribution in [-0.4, -0.2) is 73.1 Å². The minimum absolute atomic E-state index is 0.00518. The maximum absolute atomic E-state index is 13.8. The predicted octanol–water partition coefficient (Wildman–Crippen LogP) is 2.18. The van der Waals surface area contributed by atoms with E-state index in [1.54, 1.807) is 7.11 Å². The number of carbonyl (C=O) groups is 4.